The molecule has 0 spiro atoms. The van der Waals surface area contributed by atoms with E-state index in [9.17, 15) is 4.79 Å². The standard InChI is InChI=1S/C18H14ClN3OS/c19-15-10-12(20)8-9-16(15)21-18(24)22-17(23)14-7-3-5-11-4-1-2-6-13(11)14/h1-10H,20H2,(H2,21,22,23,24). The maximum absolute atomic E-state index is 12.5. The van der Waals surface area contributed by atoms with Gasteiger partial charge in [-0.1, -0.05) is 48.0 Å². The Kier molecular flexibility index (Phi) is 4.64. The number of nitrogens with two attached hydrogens (primary N) is 1. The first-order chi connectivity index (χ1) is 11.5. The largest absolute Gasteiger partial charge is 0.399 e. The number of carbonyl (C=O) groups excluding carboxylic acids is 1. The van der Waals surface area contributed by atoms with Gasteiger partial charge in [-0.15, -0.1) is 0 Å². The molecule has 0 heterocycles. The molecule has 0 unspecified atom stereocenters. The first kappa shape index (κ1) is 16.2. The quantitative estimate of drug-likeness (QED) is 0.476. The Hall–Kier alpha value is -2.63. The van der Waals surface area contributed by atoms with Crippen molar-refractivity contribution in [1.82, 2.24) is 5.32 Å². The number of nitrogen functional groups attached to an aromatic ring is 1. The number of halogens is 1. The van der Waals surface area contributed by atoms with Crippen molar-refractivity contribution < 1.29 is 4.79 Å². The second-order valence-corrected chi connectivity index (χ2v) is 5.99. The number of hydrogen-bond acceptors (Lipinski definition) is 3. The molecule has 0 aliphatic rings. The van der Waals surface area contributed by atoms with Crippen LogP contribution in [0, 0.1) is 0 Å². The van der Waals surface area contributed by atoms with Crippen LogP contribution >= 0.6 is 23.8 Å². The molecule has 3 aromatic rings. The minimum atomic E-state index is -0.282. The van der Waals surface area contributed by atoms with Crippen LogP contribution in [0.1, 0.15) is 10.4 Å². The van der Waals surface area contributed by atoms with Crippen molar-refractivity contribution >= 4 is 57.0 Å². The molecule has 4 nitrogen and oxygen atoms in total. The van der Waals surface area contributed by atoms with Gasteiger partial charge in [-0.25, -0.2) is 0 Å². The van der Waals surface area contributed by atoms with Crippen LogP contribution in [0.3, 0.4) is 0 Å². The summed E-state index contributed by atoms with van der Waals surface area (Å²) in [6.45, 7) is 0. The lowest BCUT2D eigenvalue weighted by Gasteiger charge is -2.12. The number of nitrogens with one attached hydrogen (secondary N) is 2. The van der Waals surface area contributed by atoms with Crippen molar-refractivity contribution in [1.29, 1.82) is 0 Å². The lowest BCUT2D eigenvalue weighted by atomic mass is 10.0. The zero-order valence-electron chi connectivity index (χ0n) is 12.5. The summed E-state index contributed by atoms with van der Waals surface area (Å²) in [6, 6.07) is 18.2. The van der Waals surface area contributed by atoms with Gasteiger partial charge in [0.25, 0.3) is 5.91 Å². The molecule has 0 saturated carbocycles. The molecule has 0 atom stereocenters. The second-order valence-electron chi connectivity index (χ2n) is 5.17. The molecule has 120 valence electrons. The van der Waals surface area contributed by atoms with Crippen LogP contribution in [0.5, 0.6) is 0 Å². The molecule has 3 rings (SSSR count). The minimum absolute atomic E-state index is 0.166. The normalized spacial score (nSPS) is 10.4. The summed E-state index contributed by atoms with van der Waals surface area (Å²) < 4.78 is 0. The number of anilines is 2. The van der Waals surface area contributed by atoms with Gasteiger partial charge in [0.1, 0.15) is 0 Å². The van der Waals surface area contributed by atoms with Crippen molar-refractivity contribution in [2.24, 2.45) is 0 Å². The van der Waals surface area contributed by atoms with Crippen molar-refractivity contribution in [2.45, 2.75) is 0 Å². The van der Waals surface area contributed by atoms with Crippen LogP contribution < -0.4 is 16.4 Å². The highest BCUT2D eigenvalue weighted by Gasteiger charge is 2.12. The maximum Gasteiger partial charge on any atom is 0.258 e. The van der Waals surface area contributed by atoms with E-state index >= 15 is 0 Å². The molecule has 6 heteroatoms. The fourth-order valence-corrected chi connectivity index (χ4v) is 2.82. The highest BCUT2D eigenvalue weighted by Crippen LogP contribution is 2.24. The fraction of sp³-hybridized carbons (Fsp3) is 0. The average molecular weight is 356 g/mol. The summed E-state index contributed by atoms with van der Waals surface area (Å²) in [5.41, 5.74) is 7.34. The van der Waals surface area contributed by atoms with Gasteiger partial charge >= 0.3 is 0 Å². The monoisotopic (exact) mass is 355 g/mol. The van der Waals surface area contributed by atoms with E-state index in [1.165, 1.54) is 0 Å². The van der Waals surface area contributed by atoms with Crippen LogP contribution in [0.15, 0.2) is 60.7 Å². The predicted octanol–water partition coefficient (Wildman–Crippen LogP) is 4.20. The molecule has 0 aromatic heterocycles. The van der Waals surface area contributed by atoms with Gasteiger partial charge in [-0.2, -0.15) is 0 Å². The number of hydrogen-bond donors (Lipinski definition) is 3. The van der Waals surface area contributed by atoms with E-state index in [1.54, 1.807) is 24.3 Å². The van der Waals surface area contributed by atoms with Gasteiger partial charge in [0.15, 0.2) is 5.11 Å². The highest BCUT2D eigenvalue weighted by atomic mass is 35.5. The third kappa shape index (κ3) is 3.48. The summed E-state index contributed by atoms with van der Waals surface area (Å²) >= 11 is 11.3. The molecule has 3 aromatic carbocycles. The van der Waals surface area contributed by atoms with Gasteiger partial charge in [0, 0.05) is 11.3 Å². The fourth-order valence-electron chi connectivity index (χ4n) is 2.38. The van der Waals surface area contributed by atoms with Crippen LogP contribution in [0.4, 0.5) is 11.4 Å². The number of rotatable bonds is 2. The van der Waals surface area contributed by atoms with E-state index < -0.39 is 0 Å². The van der Waals surface area contributed by atoms with E-state index in [-0.39, 0.29) is 11.0 Å². The smallest absolute Gasteiger partial charge is 0.258 e. The SMILES string of the molecule is Nc1ccc(NC(=S)NC(=O)c2cccc3ccccc23)c(Cl)c1. The predicted molar refractivity (Wildman–Crippen MR) is 103 cm³/mol. The number of amides is 1. The number of benzene rings is 3. The van der Waals surface area contributed by atoms with Gasteiger partial charge in [0.05, 0.1) is 10.7 Å². The Morgan fingerprint density at radius 1 is 1.04 bits per heavy atom. The first-order valence-electron chi connectivity index (χ1n) is 7.20. The van der Waals surface area contributed by atoms with E-state index in [0.29, 0.717) is 22.0 Å². The highest BCUT2D eigenvalue weighted by molar-refractivity contribution is 7.80. The van der Waals surface area contributed by atoms with Gasteiger partial charge in [-0.3, -0.25) is 10.1 Å². The van der Waals surface area contributed by atoms with E-state index in [1.807, 2.05) is 36.4 Å². The minimum Gasteiger partial charge on any atom is -0.399 e. The van der Waals surface area contributed by atoms with Crippen LogP contribution in [0.25, 0.3) is 10.8 Å². The summed E-state index contributed by atoms with van der Waals surface area (Å²) in [4.78, 5) is 12.5. The van der Waals surface area contributed by atoms with Crippen LogP contribution in [0.2, 0.25) is 5.02 Å². The topological polar surface area (TPSA) is 67.2 Å². The van der Waals surface area contributed by atoms with E-state index in [2.05, 4.69) is 10.6 Å². The first-order valence-corrected chi connectivity index (χ1v) is 7.98. The molecular weight excluding hydrogens is 342 g/mol. The molecular formula is C18H14ClN3OS. The number of carbonyl (C=O) groups is 1. The average Bonchev–Trinajstić information content (AvgIpc) is 2.57. The third-order valence-corrected chi connectivity index (χ3v) is 4.02. The Morgan fingerprint density at radius 2 is 1.79 bits per heavy atom. The van der Waals surface area contributed by atoms with Crippen molar-refractivity contribution in [2.75, 3.05) is 11.1 Å². The van der Waals surface area contributed by atoms with Gasteiger partial charge < -0.3 is 11.1 Å². The number of thiocarbonyl (C=S) groups is 1. The van der Waals surface area contributed by atoms with Crippen molar-refractivity contribution in [3.05, 3.63) is 71.2 Å². The Bertz CT molecular complexity index is 937. The molecule has 1 amide bonds. The molecule has 0 aliphatic heterocycles. The summed E-state index contributed by atoms with van der Waals surface area (Å²) in [5.74, 6) is -0.282. The van der Waals surface area contributed by atoms with Crippen molar-refractivity contribution in [3.8, 4) is 0 Å². The summed E-state index contributed by atoms with van der Waals surface area (Å²) in [7, 11) is 0. The lowest BCUT2D eigenvalue weighted by Crippen LogP contribution is -2.34. The van der Waals surface area contributed by atoms with E-state index in [4.69, 9.17) is 29.6 Å². The zero-order valence-corrected chi connectivity index (χ0v) is 14.1. The van der Waals surface area contributed by atoms with Gasteiger partial charge in [0.2, 0.25) is 0 Å². The van der Waals surface area contributed by atoms with Crippen molar-refractivity contribution in [3.63, 3.8) is 0 Å². The lowest BCUT2D eigenvalue weighted by molar-refractivity contribution is 0.0979. The Morgan fingerprint density at radius 3 is 2.58 bits per heavy atom. The molecule has 4 N–H and O–H groups in total. The Balaban J connectivity index is 1.77. The summed E-state index contributed by atoms with van der Waals surface area (Å²) in [6.07, 6.45) is 0. The second kappa shape index (κ2) is 6.86. The van der Waals surface area contributed by atoms with E-state index in [0.717, 1.165) is 10.8 Å². The summed E-state index contributed by atoms with van der Waals surface area (Å²) in [5, 5.41) is 8.02. The number of fused-ring (bicyclic) bond motifs is 1. The maximum atomic E-state index is 12.5. The van der Waals surface area contributed by atoms with Crippen LogP contribution in [-0.4, -0.2) is 11.0 Å². The Labute approximate surface area is 149 Å². The van der Waals surface area contributed by atoms with Gasteiger partial charge in [-0.05, 0) is 47.3 Å². The molecule has 0 radical (unpaired) electrons. The molecule has 0 saturated heterocycles. The molecule has 0 aliphatic carbocycles. The molecule has 24 heavy (non-hydrogen) atoms. The molecule has 0 bridgehead atoms. The third-order valence-electron chi connectivity index (χ3n) is 3.50. The van der Waals surface area contributed by atoms with Crippen LogP contribution in [-0.2, 0) is 0 Å². The zero-order chi connectivity index (χ0) is 17.1. The molecule has 0 fully saturated rings.